The highest BCUT2D eigenvalue weighted by atomic mass is 16.6. The number of nitrogens with one attached hydrogen (secondary N) is 1. The molecule has 1 aromatic carbocycles. The molecule has 0 radical (unpaired) electrons. The third-order valence-corrected chi connectivity index (χ3v) is 6.27. The van der Waals surface area contributed by atoms with Crippen LogP contribution in [0.5, 0.6) is 0 Å². The van der Waals surface area contributed by atoms with Gasteiger partial charge >= 0.3 is 6.09 Å². The van der Waals surface area contributed by atoms with Gasteiger partial charge in [0.25, 0.3) is 0 Å². The fourth-order valence-electron chi connectivity index (χ4n) is 4.57. The summed E-state index contributed by atoms with van der Waals surface area (Å²) in [5, 5.41) is 10.3. The number of rotatable bonds is 3. The van der Waals surface area contributed by atoms with Gasteiger partial charge in [-0.3, -0.25) is 4.40 Å². The molecule has 34 heavy (non-hydrogen) atoms. The minimum atomic E-state index is -0.909. The average molecular weight is 462 g/mol. The zero-order chi connectivity index (χ0) is 24.3. The number of aliphatic hydroxyl groups is 1. The van der Waals surface area contributed by atoms with Crippen molar-refractivity contribution in [3.05, 3.63) is 54.1 Å². The average Bonchev–Trinajstić information content (AvgIpc) is 3.48. The number of aromatic nitrogens is 4. The molecule has 0 aliphatic carbocycles. The molecule has 4 aromatic rings. The number of nitrogens with zero attached hydrogens (tertiary/aromatic N) is 4. The molecule has 8 nitrogen and oxygen atoms in total. The third kappa shape index (κ3) is 4.03. The fraction of sp³-hybridized carbons (Fsp3) is 0.423. The van der Waals surface area contributed by atoms with Crippen molar-refractivity contribution in [1.82, 2.24) is 24.3 Å². The SMILES string of the molecule is CC(C)(C)OC(=O)N1CC[C@@H](c2nc(-c3ccc(C(C)(C)O)cc3)c3cnc4[nH]ccc4n23)C1. The van der Waals surface area contributed by atoms with E-state index in [9.17, 15) is 9.90 Å². The van der Waals surface area contributed by atoms with Crippen molar-refractivity contribution in [2.45, 2.75) is 58.2 Å². The van der Waals surface area contributed by atoms with Crippen molar-refractivity contribution in [2.75, 3.05) is 13.1 Å². The predicted octanol–water partition coefficient (Wildman–Crippen LogP) is 4.83. The maximum absolute atomic E-state index is 12.7. The van der Waals surface area contributed by atoms with Gasteiger partial charge in [-0.2, -0.15) is 0 Å². The number of imidazole rings is 1. The van der Waals surface area contributed by atoms with Gasteiger partial charge in [0, 0.05) is 30.8 Å². The number of benzene rings is 1. The number of hydrogen-bond donors (Lipinski definition) is 2. The van der Waals surface area contributed by atoms with Gasteiger partial charge in [-0.15, -0.1) is 0 Å². The Kier molecular flexibility index (Phi) is 5.16. The lowest BCUT2D eigenvalue weighted by Gasteiger charge is -2.24. The first-order valence-electron chi connectivity index (χ1n) is 11.7. The van der Waals surface area contributed by atoms with Crippen LogP contribution in [0.15, 0.2) is 42.7 Å². The number of amides is 1. The quantitative estimate of drug-likeness (QED) is 0.456. The molecule has 0 saturated carbocycles. The molecule has 5 rings (SSSR count). The second kappa shape index (κ2) is 7.84. The van der Waals surface area contributed by atoms with Crippen LogP contribution in [0.4, 0.5) is 4.79 Å². The number of H-pyrrole nitrogens is 1. The Morgan fingerprint density at radius 3 is 2.53 bits per heavy atom. The Morgan fingerprint density at radius 1 is 1.12 bits per heavy atom. The third-order valence-electron chi connectivity index (χ3n) is 6.27. The van der Waals surface area contributed by atoms with Crippen LogP contribution in [0, 0.1) is 0 Å². The van der Waals surface area contributed by atoms with Gasteiger partial charge in [0.05, 0.1) is 28.5 Å². The standard InChI is InChI=1S/C26H31N5O3/c1-25(2,3)34-24(32)30-13-11-17(15-30)23-29-21(16-6-8-18(9-7-16)26(4,5)33)20-14-28-22-19(31(20)23)10-12-27-22/h6-10,12,14,17,27,33H,11,13,15H2,1-5H3/t17-/m1/s1. The van der Waals surface area contributed by atoms with Crippen molar-refractivity contribution in [3.8, 4) is 11.3 Å². The molecule has 0 unspecified atom stereocenters. The van der Waals surface area contributed by atoms with Crippen molar-refractivity contribution in [1.29, 1.82) is 0 Å². The first-order valence-corrected chi connectivity index (χ1v) is 11.7. The Bertz CT molecular complexity index is 1360. The number of aromatic amines is 1. The van der Waals surface area contributed by atoms with Crippen LogP contribution in [0.3, 0.4) is 0 Å². The van der Waals surface area contributed by atoms with E-state index < -0.39 is 11.2 Å². The smallest absolute Gasteiger partial charge is 0.410 e. The van der Waals surface area contributed by atoms with Crippen LogP contribution >= 0.6 is 0 Å². The van der Waals surface area contributed by atoms with E-state index in [0.29, 0.717) is 13.1 Å². The van der Waals surface area contributed by atoms with Gasteiger partial charge < -0.3 is 19.7 Å². The van der Waals surface area contributed by atoms with Crippen molar-refractivity contribution >= 4 is 22.8 Å². The highest BCUT2D eigenvalue weighted by Gasteiger charge is 2.34. The summed E-state index contributed by atoms with van der Waals surface area (Å²) in [6.07, 6.45) is 4.24. The molecule has 178 valence electrons. The summed E-state index contributed by atoms with van der Waals surface area (Å²) < 4.78 is 7.74. The number of carbonyl (C=O) groups is 1. The lowest BCUT2D eigenvalue weighted by atomic mass is 9.97. The molecule has 0 bridgehead atoms. The number of ether oxygens (including phenoxy) is 1. The van der Waals surface area contributed by atoms with Crippen LogP contribution in [-0.2, 0) is 10.3 Å². The number of fused-ring (bicyclic) bond motifs is 3. The molecule has 1 amide bonds. The van der Waals surface area contributed by atoms with Gasteiger partial charge in [-0.05, 0) is 52.7 Å². The van der Waals surface area contributed by atoms with Gasteiger partial charge in [0.2, 0.25) is 0 Å². The normalized spacial score (nSPS) is 17.1. The maximum Gasteiger partial charge on any atom is 0.410 e. The lowest BCUT2D eigenvalue weighted by molar-refractivity contribution is 0.0292. The van der Waals surface area contributed by atoms with E-state index in [-0.39, 0.29) is 12.0 Å². The number of likely N-dealkylation sites (tertiary alicyclic amines) is 1. The van der Waals surface area contributed by atoms with E-state index >= 15 is 0 Å². The fourth-order valence-corrected chi connectivity index (χ4v) is 4.57. The Hall–Kier alpha value is -3.39. The summed E-state index contributed by atoms with van der Waals surface area (Å²) in [6, 6.07) is 9.84. The van der Waals surface area contributed by atoms with E-state index in [1.807, 2.05) is 63.5 Å². The molecular formula is C26H31N5O3. The van der Waals surface area contributed by atoms with E-state index in [2.05, 4.69) is 14.4 Å². The number of carbonyl (C=O) groups excluding carboxylic acids is 1. The van der Waals surface area contributed by atoms with E-state index in [0.717, 1.165) is 45.7 Å². The summed E-state index contributed by atoms with van der Waals surface area (Å²) in [7, 11) is 0. The molecule has 2 N–H and O–H groups in total. The Morgan fingerprint density at radius 2 is 1.85 bits per heavy atom. The first kappa shape index (κ1) is 22.4. The molecule has 1 aliphatic heterocycles. The van der Waals surface area contributed by atoms with Crippen LogP contribution in [-0.4, -0.2) is 54.1 Å². The molecule has 1 atom stereocenters. The highest BCUT2D eigenvalue weighted by molar-refractivity contribution is 5.84. The van der Waals surface area contributed by atoms with Gasteiger partial charge in [-0.25, -0.2) is 14.8 Å². The van der Waals surface area contributed by atoms with E-state index in [4.69, 9.17) is 9.72 Å². The lowest BCUT2D eigenvalue weighted by Crippen LogP contribution is -2.35. The largest absolute Gasteiger partial charge is 0.444 e. The minimum Gasteiger partial charge on any atom is -0.444 e. The van der Waals surface area contributed by atoms with Crippen LogP contribution < -0.4 is 0 Å². The van der Waals surface area contributed by atoms with Gasteiger partial charge in [-0.1, -0.05) is 24.3 Å². The van der Waals surface area contributed by atoms with Crippen LogP contribution in [0.2, 0.25) is 0 Å². The summed E-state index contributed by atoms with van der Waals surface area (Å²) in [6.45, 7) is 10.4. The van der Waals surface area contributed by atoms with Crippen molar-refractivity contribution in [2.24, 2.45) is 0 Å². The molecule has 1 fully saturated rings. The Balaban J connectivity index is 1.56. The van der Waals surface area contributed by atoms with E-state index in [1.165, 1.54) is 0 Å². The number of hydrogen-bond acceptors (Lipinski definition) is 5. The molecule has 4 heterocycles. The summed E-state index contributed by atoms with van der Waals surface area (Å²) in [5.41, 5.74) is 3.85. The minimum absolute atomic E-state index is 0.0740. The predicted molar refractivity (Wildman–Crippen MR) is 131 cm³/mol. The van der Waals surface area contributed by atoms with Crippen molar-refractivity contribution in [3.63, 3.8) is 0 Å². The zero-order valence-corrected chi connectivity index (χ0v) is 20.3. The molecule has 1 aliphatic rings. The molecule has 0 spiro atoms. The summed E-state index contributed by atoms with van der Waals surface area (Å²) >= 11 is 0. The summed E-state index contributed by atoms with van der Waals surface area (Å²) in [4.78, 5) is 27.3. The monoisotopic (exact) mass is 461 g/mol. The van der Waals surface area contributed by atoms with Gasteiger partial charge in [0.1, 0.15) is 11.4 Å². The molecule has 8 heteroatoms. The van der Waals surface area contributed by atoms with E-state index in [1.54, 1.807) is 18.7 Å². The topological polar surface area (TPSA) is 95.8 Å². The zero-order valence-electron chi connectivity index (χ0n) is 20.3. The first-order chi connectivity index (χ1) is 16.0. The maximum atomic E-state index is 12.7. The Labute approximate surface area is 198 Å². The molecule has 1 saturated heterocycles. The highest BCUT2D eigenvalue weighted by Crippen LogP contribution is 2.35. The van der Waals surface area contributed by atoms with Crippen LogP contribution in [0.1, 0.15) is 58.3 Å². The molecular weight excluding hydrogens is 430 g/mol. The second-order valence-electron chi connectivity index (χ2n) is 10.6. The van der Waals surface area contributed by atoms with Crippen LogP contribution in [0.25, 0.3) is 27.9 Å². The molecule has 3 aromatic heterocycles. The summed E-state index contributed by atoms with van der Waals surface area (Å²) in [5.74, 6) is 0.986. The van der Waals surface area contributed by atoms with Gasteiger partial charge in [0.15, 0.2) is 5.65 Å². The van der Waals surface area contributed by atoms with Crippen molar-refractivity contribution < 1.29 is 14.6 Å². The second-order valence-corrected chi connectivity index (χ2v) is 10.6.